The highest BCUT2D eigenvalue weighted by molar-refractivity contribution is 5.84. The molecule has 4 nitrogen and oxygen atoms in total. The molecular formula is C32H32N2O2. The maximum Gasteiger partial charge on any atom is 0.128 e. The topological polar surface area (TPSA) is 43.2 Å². The predicted octanol–water partition coefficient (Wildman–Crippen LogP) is 7.16. The molecule has 0 spiro atoms. The van der Waals surface area contributed by atoms with Gasteiger partial charge in [0.1, 0.15) is 11.5 Å². The molecule has 0 saturated carbocycles. The van der Waals surface area contributed by atoms with Gasteiger partial charge in [-0.15, -0.1) is 0 Å². The summed E-state index contributed by atoms with van der Waals surface area (Å²) in [5.41, 5.74) is 4.37. The molecule has 4 aromatic rings. The first-order chi connectivity index (χ1) is 17.9. The molecule has 182 valence electrons. The average Bonchev–Trinajstić information content (AvgIpc) is 2.93. The van der Waals surface area contributed by atoms with Crippen molar-refractivity contribution in [2.24, 2.45) is 9.98 Å². The van der Waals surface area contributed by atoms with E-state index in [4.69, 9.17) is 9.47 Å². The van der Waals surface area contributed by atoms with Gasteiger partial charge in [0.2, 0.25) is 0 Å². The van der Waals surface area contributed by atoms with Gasteiger partial charge in [0, 0.05) is 23.6 Å². The van der Waals surface area contributed by atoms with Gasteiger partial charge in [-0.3, -0.25) is 9.98 Å². The van der Waals surface area contributed by atoms with Gasteiger partial charge in [-0.2, -0.15) is 0 Å². The van der Waals surface area contributed by atoms with Crippen LogP contribution in [0.1, 0.15) is 35.1 Å². The molecule has 0 atom stereocenters. The maximum atomic E-state index is 6.04. The molecule has 0 aromatic heterocycles. The van der Waals surface area contributed by atoms with E-state index in [1.54, 1.807) is 0 Å². The fourth-order valence-corrected chi connectivity index (χ4v) is 3.67. The van der Waals surface area contributed by atoms with Crippen LogP contribution < -0.4 is 9.47 Å². The SMILES string of the molecule is C(=NCc1ccccc1)c1ccccc1OCCCCOc1ccccc1C=NCc1ccccc1. The fraction of sp³-hybridized carbons (Fsp3) is 0.188. The molecule has 4 rings (SSSR count). The molecule has 0 aliphatic rings. The Bertz CT molecular complexity index is 1140. The first-order valence-electron chi connectivity index (χ1n) is 12.4. The van der Waals surface area contributed by atoms with Crippen LogP contribution in [0.15, 0.2) is 119 Å². The van der Waals surface area contributed by atoms with Crippen LogP contribution in [0.3, 0.4) is 0 Å². The number of ether oxygens (including phenoxy) is 2. The Hall–Kier alpha value is -4.18. The van der Waals surface area contributed by atoms with E-state index in [0.717, 1.165) is 35.5 Å². The molecule has 0 saturated heterocycles. The number of para-hydroxylation sites is 2. The van der Waals surface area contributed by atoms with E-state index >= 15 is 0 Å². The molecule has 0 radical (unpaired) electrons. The Morgan fingerprint density at radius 2 is 0.861 bits per heavy atom. The Balaban J connectivity index is 1.19. The highest BCUT2D eigenvalue weighted by Gasteiger charge is 2.03. The zero-order valence-electron chi connectivity index (χ0n) is 20.5. The van der Waals surface area contributed by atoms with Gasteiger partial charge in [0.05, 0.1) is 26.3 Å². The highest BCUT2D eigenvalue weighted by Crippen LogP contribution is 2.18. The van der Waals surface area contributed by atoms with E-state index in [2.05, 4.69) is 34.3 Å². The summed E-state index contributed by atoms with van der Waals surface area (Å²) in [5.74, 6) is 1.71. The quantitative estimate of drug-likeness (QED) is 0.152. The molecule has 0 heterocycles. The zero-order valence-corrected chi connectivity index (χ0v) is 20.5. The van der Waals surface area contributed by atoms with Crippen molar-refractivity contribution in [3.05, 3.63) is 131 Å². The van der Waals surface area contributed by atoms with Crippen molar-refractivity contribution >= 4 is 12.4 Å². The number of aliphatic imine (C=N–C) groups is 2. The molecule has 0 aliphatic carbocycles. The van der Waals surface area contributed by atoms with Gasteiger partial charge in [-0.1, -0.05) is 84.9 Å². The number of hydrogen-bond acceptors (Lipinski definition) is 4. The van der Waals surface area contributed by atoms with Crippen molar-refractivity contribution in [2.75, 3.05) is 13.2 Å². The number of unbranched alkanes of at least 4 members (excludes halogenated alkanes) is 1. The van der Waals surface area contributed by atoms with Crippen LogP contribution in [0.25, 0.3) is 0 Å². The van der Waals surface area contributed by atoms with Gasteiger partial charge < -0.3 is 9.47 Å². The van der Waals surface area contributed by atoms with E-state index in [1.807, 2.05) is 97.4 Å². The standard InChI is InChI=1S/C32H32N2O2/c1-3-13-27(14-4-1)23-33-25-29-17-7-9-19-31(29)35-21-11-12-22-36-32-20-10-8-18-30(32)26-34-24-28-15-5-2-6-16-28/h1-10,13-20,25-26H,11-12,21-24H2. The lowest BCUT2D eigenvalue weighted by atomic mass is 10.2. The number of benzene rings is 4. The van der Waals surface area contributed by atoms with Gasteiger partial charge in [-0.25, -0.2) is 0 Å². The van der Waals surface area contributed by atoms with Crippen molar-refractivity contribution in [2.45, 2.75) is 25.9 Å². The van der Waals surface area contributed by atoms with Gasteiger partial charge in [0.15, 0.2) is 0 Å². The monoisotopic (exact) mass is 476 g/mol. The smallest absolute Gasteiger partial charge is 0.128 e. The summed E-state index contributed by atoms with van der Waals surface area (Å²) in [6, 6.07) is 36.5. The van der Waals surface area contributed by atoms with E-state index in [-0.39, 0.29) is 0 Å². The summed E-state index contributed by atoms with van der Waals surface area (Å²) >= 11 is 0. The van der Waals surface area contributed by atoms with Crippen molar-refractivity contribution < 1.29 is 9.47 Å². The second kappa shape index (κ2) is 14.3. The van der Waals surface area contributed by atoms with Crippen LogP contribution in [0.5, 0.6) is 11.5 Å². The molecule has 4 heteroatoms. The second-order valence-corrected chi connectivity index (χ2v) is 8.39. The third-order valence-corrected chi connectivity index (χ3v) is 5.59. The number of nitrogens with zero attached hydrogens (tertiary/aromatic N) is 2. The normalized spacial score (nSPS) is 11.2. The van der Waals surface area contributed by atoms with Crippen molar-refractivity contribution in [3.63, 3.8) is 0 Å². The van der Waals surface area contributed by atoms with E-state index in [9.17, 15) is 0 Å². The minimum atomic E-state index is 0.632. The fourth-order valence-electron chi connectivity index (χ4n) is 3.67. The van der Waals surface area contributed by atoms with Crippen molar-refractivity contribution in [3.8, 4) is 11.5 Å². The van der Waals surface area contributed by atoms with Gasteiger partial charge in [0.25, 0.3) is 0 Å². The molecular weight excluding hydrogens is 444 g/mol. The van der Waals surface area contributed by atoms with E-state index in [0.29, 0.717) is 26.3 Å². The Morgan fingerprint density at radius 1 is 0.472 bits per heavy atom. The largest absolute Gasteiger partial charge is 0.493 e. The maximum absolute atomic E-state index is 6.04. The van der Waals surface area contributed by atoms with Crippen LogP contribution in [-0.2, 0) is 13.1 Å². The van der Waals surface area contributed by atoms with Crippen LogP contribution in [0, 0.1) is 0 Å². The summed E-state index contributed by atoms with van der Waals surface area (Å²) in [6.45, 7) is 2.58. The van der Waals surface area contributed by atoms with E-state index in [1.165, 1.54) is 11.1 Å². The molecule has 0 amide bonds. The Kier molecular flexibility index (Phi) is 9.88. The second-order valence-electron chi connectivity index (χ2n) is 8.39. The molecule has 4 aromatic carbocycles. The predicted molar refractivity (Wildman–Crippen MR) is 149 cm³/mol. The van der Waals surface area contributed by atoms with Gasteiger partial charge >= 0.3 is 0 Å². The number of rotatable bonds is 13. The minimum Gasteiger partial charge on any atom is -0.493 e. The molecule has 0 bridgehead atoms. The Labute approximate surface area is 214 Å². The summed E-state index contributed by atoms with van der Waals surface area (Å²) in [6.07, 6.45) is 5.59. The Morgan fingerprint density at radius 3 is 1.31 bits per heavy atom. The van der Waals surface area contributed by atoms with Crippen LogP contribution in [0.4, 0.5) is 0 Å². The number of hydrogen-bond donors (Lipinski definition) is 0. The summed E-state index contributed by atoms with van der Waals surface area (Å²) in [7, 11) is 0. The first kappa shape index (κ1) is 24.9. The highest BCUT2D eigenvalue weighted by atomic mass is 16.5. The molecule has 0 unspecified atom stereocenters. The molecule has 36 heavy (non-hydrogen) atoms. The summed E-state index contributed by atoms with van der Waals surface area (Å²) in [4.78, 5) is 9.15. The van der Waals surface area contributed by atoms with Gasteiger partial charge in [-0.05, 0) is 48.2 Å². The van der Waals surface area contributed by atoms with Crippen LogP contribution in [-0.4, -0.2) is 25.6 Å². The summed E-state index contributed by atoms with van der Waals surface area (Å²) < 4.78 is 12.1. The van der Waals surface area contributed by atoms with E-state index < -0.39 is 0 Å². The van der Waals surface area contributed by atoms with Crippen molar-refractivity contribution in [1.29, 1.82) is 0 Å². The minimum absolute atomic E-state index is 0.632. The van der Waals surface area contributed by atoms with Crippen molar-refractivity contribution in [1.82, 2.24) is 0 Å². The zero-order chi connectivity index (χ0) is 24.7. The molecule has 0 N–H and O–H groups in total. The summed E-state index contributed by atoms with van der Waals surface area (Å²) in [5, 5.41) is 0. The third-order valence-electron chi connectivity index (χ3n) is 5.59. The lowest BCUT2D eigenvalue weighted by molar-refractivity contribution is 0.266. The van der Waals surface area contributed by atoms with Crippen LogP contribution >= 0.6 is 0 Å². The first-order valence-corrected chi connectivity index (χ1v) is 12.4. The van der Waals surface area contributed by atoms with Crippen LogP contribution in [0.2, 0.25) is 0 Å². The average molecular weight is 477 g/mol. The molecule has 0 aliphatic heterocycles. The third kappa shape index (κ3) is 8.24. The lowest BCUT2D eigenvalue weighted by Crippen LogP contribution is -2.04. The lowest BCUT2D eigenvalue weighted by Gasteiger charge is -2.11. The molecule has 0 fully saturated rings.